The second kappa shape index (κ2) is 5.51. The van der Waals surface area contributed by atoms with E-state index in [4.69, 9.17) is 11.6 Å². The number of hydrogen-bond acceptors (Lipinski definition) is 3. The molecule has 2 rings (SSSR count). The lowest BCUT2D eigenvalue weighted by Crippen LogP contribution is -2.37. The van der Waals surface area contributed by atoms with Crippen LogP contribution in [0.3, 0.4) is 0 Å². The number of hydrogen-bond donors (Lipinski definition) is 1. The predicted molar refractivity (Wildman–Crippen MR) is 68.2 cm³/mol. The van der Waals surface area contributed by atoms with Gasteiger partial charge in [-0.25, -0.2) is 0 Å². The largest absolute Gasteiger partial charge is 0.366 e. The van der Waals surface area contributed by atoms with Gasteiger partial charge in [0.25, 0.3) is 0 Å². The molecule has 4 heteroatoms. The summed E-state index contributed by atoms with van der Waals surface area (Å²) in [6, 6.07) is 2.58. The molecule has 1 aromatic rings. The van der Waals surface area contributed by atoms with E-state index in [9.17, 15) is 0 Å². The highest BCUT2D eigenvalue weighted by molar-refractivity contribution is 6.33. The van der Waals surface area contributed by atoms with Crippen molar-refractivity contribution >= 4 is 17.3 Å². The third-order valence-corrected chi connectivity index (χ3v) is 3.29. The minimum absolute atomic E-state index is 0.569. The zero-order chi connectivity index (χ0) is 11.4. The molecule has 1 N–H and O–H groups in total. The number of nitrogens with zero attached hydrogens (tertiary/aromatic N) is 2. The Morgan fingerprint density at radius 2 is 2.50 bits per heavy atom. The molecule has 0 radical (unpaired) electrons. The lowest BCUT2D eigenvalue weighted by Gasteiger charge is -2.31. The Bertz CT molecular complexity index is 337. The van der Waals surface area contributed by atoms with Crippen molar-refractivity contribution in [2.75, 3.05) is 24.5 Å². The maximum atomic E-state index is 6.21. The lowest BCUT2D eigenvalue weighted by molar-refractivity contribution is 0.625. The van der Waals surface area contributed by atoms with Crippen molar-refractivity contribution in [1.29, 1.82) is 0 Å². The van der Waals surface area contributed by atoms with Crippen LogP contribution >= 0.6 is 11.6 Å². The van der Waals surface area contributed by atoms with E-state index >= 15 is 0 Å². The van der Waals surface area contributed by atoms with Gasteiger partial charge in [0, 0.05) is 31.5 Å². The highest BCUT2D eigenvalue weighted by Crippen LogP contribution is 2.27. The van der Waals surface area contributed by atoms with Gasteiger partial charge in [0.1, 0.15) is 0 Å². The average Bonchev–Trinajstić information content (AvgIpc) is 2.80. The summed E-state index contributed by atoms with van der Waals surface area (Å²) in [5.41, 5.74) is 1.12. The first-order valence-electron chi connectivity index (χ1n) is 5.89. The quantitative estimate of drug-likeness (QED) is 0.874. The molecule has 1 aliphatic rings. The molecule has 2 heterocycles. The summed E-state index contributed by atoms with van der Waals surface area (Å²) in [6.45, 7) is 5.41. The van der Waals surface area contributed by atoms with Gasteiger partial charge in [0.2, 0.25) is 0 Å². The van der Waals surface area contributed by atoms with Crippen molar-refractivity contribution in [2.45, 2.75) is 25.8 Å². The molecule has 88 valence electrons. The Hall–Kier alpha value is -0.800. The van der Waals surface area contributed by atoms with Gasteiger partial charge in [-0.2, -0.15) is 0 Å². The molecule has 1 aliphatic heterocycles. The van der Waals surface area contributed by atoms with Crippen molar-refractivity contribution in [2.24, 2.45) is 0 Å². The summed E-state index contributed by atoms with van der Waals surface area (Å²) in [4.78, 5) is 6.45. The molecule has 0 spiro atoms. The smallest absolute Gasteiger partial charge is 0.0822 e. The van der Waals surface area contributed by atoms with Crippen LogP contribution in [0.25, 0.3) is 0 Å². The predicted octanol–water partition coefficient (Wildman–Crippen LogP) is 2.31. The second-order valence-corrected chi connectivity index (χ2v) is 4.57. The highest BCUT2D eigenvalue weighted by atomic mass is 35.5. The molecule has 1 saturated heterocycles. The van der Waals surface area contributed by atoms with E-state index in [1.54, 1.807) is 6.20 Å². The van der Waals surface area contributed by atoms with Crippen molar-refractivity contribution in [3.8, 4) is 0 Å². The van der Waals surface area contributed by atoms with E-state index in [-0.39, 0.29) is 0 Å². The van der Waals surface area contributed by atoms with Gasteiger partial charge >= 0.3 is 0 Å². The normalized spacial score (nSPS) is 20.0. The Kier molecular flexibility index (Phi) is 4.02. The van der Waals surface area contributed by atoms with Gasteiger partial charge in [0.05, 0.1) is 10.7 Å². The monoisotopic (exact) mass is 239 g/mol. The molecule has 0 bridgehead atoms. The number of anilines is 1. The van der Waals surface area contributed by atoms with Crippen LogP contribution in [0, 0.1) is 0 Å². The average molecular weight is 240 g/mol. The molecule has 0 saturated carbocycles. The van der Waals surface area contributed by atoms with Gasteiger partial charge < -0.3 is 10.2 Å². The third kappa shape index (κ3) is 2.47. The molecule has 0 amide bonds. The fourth-order valence-corrected chi connectivity index (χ4v) is 2.47. The van der Waals surface area contributed by atoms with E-state index in [1.165, 1.54) is 6.42 Å². The summed E-state index contributed by atoms with van der Waals surface area (Å²) >= 11 is 6.21. The number of aromatic nitrogens is 1. The van der Waals surface area contributed by atoms with E-state index in [1.807, 2.05) is 12.3 Å². The molecular formula is C12H18ClN3. The first-order chi connectivity index (χ1) is 7.83. The third-order valence-electron chi connectivity index (χ3n) is 3.00. The molecule has 0 aromatic carbocycles. The van der Waals surface area contributed by atoms with Crippen molar-refractivity contribution in [3.05, 3.63) is 23.5 Å². The SMILES string of the molecule is CCCN(c1ccncc1Cl)C1CCNC1. The van der Waals surface area contributed by atoms with E-state index in [2.05, 4.69) is 22.1 Å². The van der Waals surface area contributed by atoms with Gasteiger partial charge in [-0.3, -0.25) is 4.98 Å². The summed E-state index contributed by atoms with van der Waals surface area (Å²) in [7, 11) is 0. The summed E-state index contributed by atoms with van der Waals surface area (Å²) in [5, 5.41) is 4.15. The molecular weight excluding hydrogens is 222 g/mol. The van der Waals surface area contributed by atoms with Crippen LogP contribution in [0.4, 0.5) is 5.69 Å². The van der Waals surface area contributed by atoms with Crippen LogP contribution in [0.5, 0.6) is 0 Å². The van der Waals surface area contributed by atoms with Crippen LogP contribution in [0.1, 0.15) is 19.8 Å². The van der Waals surface area contributed by atoms with Gasteiger partial charge in [-0.05, 0) is 25.5 Å². The van der Waals surface area contributed by atoms with Gasteiger partial charge in [0.15, 0.2) is 0 Å². The van der Waals surface area contributed by atoms with Crippen LogP contribution in [-0.2, 0) is 0 Å². The molecule has 16 heavy (non-hydrogen) atoms. The second-order valence-electron chi connectivity index (χ2n) is 4.17. The molecule has 1 fully saturated rings. The maximum absolute atomic E-state index is 6.21. The van der Waals surface area contributed by atoms with E-state index in [0.717, 1.165) is 36.8 Å². The topological polar surface area (TPSA) is 28.2 Å². The van der Waals surface area contributed by atoms with E-state index < -0.39 is 0 Å². The first-order valence-corrected chi connectivity index (χ1v) is 6.27. The van der Waals surface area contributed by atoms with Crippen LogP contribution < -0.4 is 10.2 Å². The standard InChI is InChI=1S/C12H18ClN3/c1-2-7-16(10-3-5-14-8-10)12-4-6-15-9-11(12)13/h4,6,9-10,14H,2-3,5,7-8H2,1H3. The van der Waals surface area contributed by atoms with Crippen molar-refractivity contribution in [3.63, 3.8) is 0 Å². The van der Waals surface area contributed by atoms with E-state index in [0.29, 0.717) is 6.04 Å². The van der Waals surface area contributed by atoms with Crippen LogP contribution in [-0.4, -0.2) is 30.7 Å². The van der Waals surface area contributed by atoms with Crippen LogP contribution in [0.15, 0.2) is 18.5 Å². The summed E-state index contributed by atoms with van der Waals surface area (Å²) < 4.78 is 0. The lowest BCUT2D eigenvalue weighted by atomic mass is 10.2. The summed E-state index contributed by atoms with van der Waals surface area (Å²) in [5.74, 6) is 0. The van der Waals surface area contributed by atoms with Crippen molar-refractivity contribution in [1.82, 2.24) is 10.3 Å². The van der Waals surface area contributed by atoms with Gasteiger partial charge in [-0.15, -0.1) is 0 Å². The molecule has 1 atom stereocenters. The van der Waals surface area contributed by atoms with Crippen LogP contribution in [0.2, 0.25) is 5.02 Å². The fourth-order valence-electron chi connectivity index (χ4n) is 2.25. The minimum atomic E-state index is 0.569. The molecule has 0 aliphatic carbocycles. The minimum Gasteiger partial charge on any atom is -0.366 e. The Morgan fingerprint density at radius 1 is 1.62 bits per heavy atom. The zero-order valence-corrected chi connectivity index (χ0v) is 10.4. The molecule has 3 nitrogen and oxygen atoms in total. The molecule has 1 unspecified atom stereocenters. The Labute approximate surface area is 102 Å². The fraction of sp³-hybridized carbons (Fsp3) is 0.583. The first kappa shape index (κ1) is 11.7. The van der Waals surface area contributed by atoms with Gasteiger partial charge in [-0.1, -0.05) is 18.5 Å². The summed E-state index contributed by atoms with van der Waals surface area (Å²) in [6.07, 6.45) is 5.86. The zero-order valence-electron chi connectivity index (χ0n) is 9.62. The number of halogens is 1. The number of rotatable bonds is 4. The number of pyridine rings is 1. The highest BCUT2D eigenvalue weighted by Gasteiger charge is 2.23. The van der Waals surface area contributed by atoms with Crippen molar-refractivity contribution < 1.29 is 0 Å². The Morgan fingerprint density at radius 3 is 3.12 bits per heavy atom. The molecule has 1 aromatic heterocycles. The number of nitrogens with one attached hydrogen (secondary N) is 1. The Balaban J connectivity index is 2.21. The maximum Gasteiger partial charge on any atom is 0.0822 e.